The van der Waals surface area contributed by atoms with Gasteiger partial charge in [-0.15, -0.1) is 12.4 Å². The number of nitrogens with zero attached hydrogens (tertiary/aromatic N) is 1. The lowest BCUT2D eigenvalue weighted by Gasteiger charge is -2.16. The van der Waals surface area contributed by atoms with Gasteiger partial charge in [-0.25, -0.2) is 8.42 Å². The highest BCUT2D eigenvalue weighted by Gasteiger charge is 2.30. The third kappa shape index (κ3) is 3.95. The van der Waals surface area contributed by atoms with Crippen molar-refractivity contribution in [1.82, 2.24) is 4.31 Å². The summed E-state index contributed by atoms with van der Waals surface area (Å²) < 4.78 is 27.6. The molecule has 4 nitrogen and oxygen atoms in total. The van der Waals surface area contributed by atoms with Gasteiger partial charge in [0.2, 0.25) is 10.0 Å². The van der Waals surface area contributed by atoms with E-state index < -0.39 is 10.0 Å². The molecule has 0 amide bonds. The third-order valence-corrected chi connectivity index (χ3v) is 6.27. The van der Waals surface area contributed by atoms with Crippen LogP contribution in [0.2, 0.25) is 0 Å². The second-order valence-corrected chi connectivity index (χ2v) is 8.30. The summed E-state index contributed by atoms with van der Waals surface area (Å²) in [4.78, 5) is 0.322. The highest BCUT2D eigenvalue weighted by molar-refractivity contribution is 9.10. The molecule has 0 spiro atoms. The summed E-state index contributed by atoms with van der Waals surface area (Å²) in [6.07, 6.45) is 0.718. The number of hydrogen-bond acceptors (Lipinski definition) is 3. The zero-order chi connectivity index (χ0) is 15.7. The SMILES string of the molecule is Cl.N[C@@H]1CCN(S(=O)(=O)c2ccc(-c3ccc(Br)cc3)cc2)C1. The topological polar surface area (TPSA) is 63.4 Å². The Balaban J connectivity index is 0.00000192. The molecule has 0 saturated carbocycles. The Labute approximate surface area is 151 Å². The van der Waals surface area contributed by atoms with E-state index in [1.54, 1.807) is 12.1 Å². The third-order valence-electron chi connectivity index (χ3n) is 3.86. The van der Waals surface area contributed by atoms with Gasteiger partial charge in [0.25, 0.3) is 0 Å². The minimum Gasteiger partial charge on any atom is -0.326 e. The Hall–Kier alpha value is -0.920. The lowest BCUT2D eigenvalue weighted by molar-refractivity contribution is 0.472. The average molecular weight is 418 g/mol. The molecule has 2 aromatic rings. The first-order chi connectivity index (χ1) is 10.5. The van der Waals surface area contributed by atoms with Gasteiger partial charge in [-0.3, -0.25) is 0 Å². The van der Waals surface area contributed by atoms with Crippen molar-refractivity contribution >= 4 is 38.4 Å². The van der Waals surface area contributed by atoms with Crippen molar-refractivity contribution in [3.63, 3.8) is 0 Å². The van der Waals surface area contributed by atoms with Crippen LogP contribution in [-0.4, -0.2) is 31.9 Å². The first-order valence-corrected chi connectivity index (χ1v) is 9.32. The molecule has 0 aromatic heterocycles. The second kappa shape index (κ2) is 7.32. The molecule has 0 unspecified atom stereocenters. The van der Waals surface area contributed by atoms with Gasteiger partial charge in [-0.2, -0.15) is 4.31 Å². The maximum Gasteiger partial charge on any atom is 0.243 e. The summed E-state index contributed by atoms with van der Waals surface area (Å²) in [6, 6.07) is 14.9. The van der Waals surface area contributed by atoms with E-state index in [2.05, 4.69) is 15.9 Å². The molecular weight excluding hydrogens is 400 g/mol. The maximum atomic E-state index is 12.5. The maximum absolute atomic E-state index is 12.5. The van der Waals surface area contributed by atoms with Crippen LogP contribution in [-0.2, 0) is 10.0 Å². The summed E-state index contributed by atoms with van der Waals surface area (Å²) >= 11 is 3.40. The molecule has 124 valence electrons. The molecule has 1 aliphatic heterocycles. The van der Waals surface area contributed by atoms with E-state index in [-0.39, 0.29) is 18.4 Å². The number of halogens is 2. The molecule has 0 aliphatic carbocycles. The van der Waals surface area contributed by atoms with Gasteiger partial charge in [-0.05, 0) is 41.8 Å². The summed E-state index contributed by atoms with van der Waals surface area (Å²) in [7, 11) is -3.43. The van der Waals surface area contributed by atoms with Crippen molar-refractivity contribution in [3.8, 4) is 11.1 Å². The fourth-order valence-corrected chi connectivity index (χ4v) is 4.36. The predicted octanol–water partition coefficient (Wildman–Crippen LogP) is 3.26. The van der Waals surface area contributed by atoms with Gasteiger partial charge in [0.05, 0.1) is 4.90 Å². The highest BCUT2D eigenvalue weighted by Crippen LogP contribution is 2.25. The Morgan fingerprint density at radius 3 is 2.00 bits per heavy atom. The summed E-state index contributed by atoms with van der Waals surface area (Å²) in [5.74, 6) is 0. The molecular formula is C16H18BrClN2O2S. The van der Waals surface area contributed by atoms with Crippen LogP contribution in [0.5, 0.6) is 0 Å². The van der Waals surface area contributed by atoms with Crippen molar-refractivity contribution < 1.29 is 8.42 Å². The van der Waals surface area contributed by atoms with Gasteiger partial charge in [0, 0.05) is 23.6 Å². The predicted molar refractivity (Wildman–Crippen MR) is 98.2 cm³/mol. The standard InChI is InChI=1S/C16H17BrN2O2S.ClH/c17-14-5-1-12(2-6-14)13-3-7-16(8-4-13)22(20,21)19-10-9-15(18)11-19;/h1-8,15H,9-11,18H2;1H/t15-;/m1./s1. The molecule has 1 saturated heterocycles. The van der Waals surface area contributed by atoms with Crippen LogP contribution in [0.15, 0.2) is 57.9 Å². The molecule has 0 bridgehead atoms. The number of nitrogens with two attached hydrogens (primary N) is 1. The first kappa shape index (κ1) is 18.4. The van der Waals surface area contributed by atoms with E-state index in [0.29, 0.717) is 18.0 Å². The number of sulfonamides is 1. The van der Waals surface area contributed by atoms with Gasteiger partial charge in [0.15, 0.2) is 0 Å². The summed E-state index contributed by atoms with van der Waals surface area (Å²) in [6.45, 7) is 0.898. The minimum atomic E-state index is -3.43. The fourth-order valence-electron chi connectivity index (χ4n) is 2.58. The molecule has 3 rings (SSSR count). The van der Waals surface area contributed by atoms with Crippen LogP contribution in [0.3, 0.4) is 0 Å². The largest absolute Gasteiger partial charge is 0.326 e. The zero-order valence-corrected chi connectivity index (χ0v) is 15.6. The average Bonchev–Trinajstić information content (AvgIpc) is 2.96. The normalized spacial score (nSPS) is 18.6. The van der Waals surface area contributed by atoms with Crippen molar-refractivity contribution in [1.29, 1.82) is 0 Å². The summed E-state index contributed by atoms with van der Waals surface area (Å²) in [5, 5.41) is 0. The Kier molecular flexibility index (Phi) is 5.86. The van der Waals surface area contributed by atoms with Gasteiger partial charge < -0.3 is 5.73 Å². The smallest absolute Gasteiger partial charge is 0.243 e. The molecule has 1 atom stereocenters. The zero-order valence-electron chi connectivity index (χ0n) is 12.4. The lowest BCUT2D eigenvalue weighted by atomic mass is 10.1. The molecule has 1 fully saturated rings. The van der Waals surface area contributed by atoms with Crippen LogP contribution >= 0.6 is 28.3 Å². The molecule has 1 heterocycles. The van der Waals surface area contributed by atoms with Crippen LogP contribution in [0.25, 0.3) is 11.1 Å². The minimum absolute atomic E-state index is 0. The van der Waals surface area contributed by atoms with Crippen molar-refractivity contribution in [2.45, 2.75) is 17.4 Å². The Morgan fingerprint density at radius 2 is 1.52 bits per heavy atom. The van der Waals surface area contributed by atoms with Crippen molar-refractivity contribution in [2.75, 3.05) is 13.1 Å². The first-order valence-electron chi connectivity index (χ1n) is 7.08. The molecule has 7 heteroatoms. The highest BCUT2D eigenvalue weighted by atomic mass is 79.9. The Morgan fingerprint density at radius 1 is 1.00 bits per heavy atom. The molecule has 23 heavy (non-hydrogen) atoms. The van der Waals surface area contributed by atoms with E-state index in [1.807, 2.05) is 36.4 Å². The second-order valence-electron chi connectivity index (χ2n) is 5.44. The van der Waals surface area contributed by atoms with E-state index in [1.165, 1.54) is 4.31 Å². The number of rotatable bonds is 3. The molecule has 2 aromatic carbocycles. The van der Waals surface area contributed by atoms with E-state index in [9.17, 15) is 8.42 Å². The van der Waals surface area contributed by atoms with E-state index >= 15 is 0 Å². The van der Waals surface area contributed by atoms with Crippen LogP contribution < -0.4 is 5.73 Å². The van der Waals surface area contributed by atoms with Crippen LogP contribution in [0.4, 0.5) is 0 Å². The number of benzene rings is 2. The Bertz CT molecular complexity index is 764. The van der Waals surface area contributed by atoms with Crippen LogP contribution in [0.1, 0.15) is 6.42 Å². The van der Waals surface area contributed by atoms with Gasteiger partial charge >= 0.3 is 0 Å². The van der Waals surface area contributed by atoms with Gasteiger partial charge in [-0.1, -0.05) is 40.2 Å². The molecule has 0 radical (unpaired) electrons. The van der Waals surface area contributed by atoms with Gasteiger partial charge in [0.1, 0.15) is 0 Å². The summed E-state index contributed by atoms with van der Waals surface area (Å²) in [5.41, 5.74) is 7.84. The van der Waals surface area contributed by atoms with Crippen molar-refractivity contribution in [2.24, 2.45) is 5.73 Å². The lowest BCUT2D eigenvalue weighted by Crippen LogP contribution is -2.31. The quantitative estimate of drug-likeness (QED) is 0.834. The molecule has 1 aliphatic rings. The monoisotopic (exact) mass is 416 g/mol. The fraction of sp³-hybridized carbons (Fsp3) is 0.250. The van der Waals surface area contributed by atoms with E-state index in [4.69, 9.17) is 5.73 Å². The number of hydrogen-bond donors (Lipinski definition) is 1. The van der Waals surface area contributed by atoms with Crippen LogP contribution in [0, 0.1) is 0 Å². The van der Waals surface area contributed by atoms with E-state index in [0.717, 1.165) is 22.0 Å². The molecule has 2 N–H and O–H groups in total. The van der Waals surface area contributed by atoms with Crippen molar-refractivity contribution in [3.05, 3.63) is 53.0 Å².